The van der Waals surface area contributed by atoms with Crippen LogP contribution in [0.4, 0.5) is 0 Å². The largest absolute Gasteiger partial charge is 0.457 e. The van der Waals surface area contributed by atoms with Gasteiger partial charge >= 0.3 is 0 Å². The third kappa shape index (κ3) is 3.34. The first kappa shape index (κ1) is 17.0. The van der Waals surface area contributed by atoms with Gasteiger partial charge < -0.3 is 4.42 Å². The first-order valence-electron chi connectivity index (χ1n) is 7.22. The highest BCUT2D eigenvalue weighted by Gasteiger charge is 2.31. The Labute approximate surface area is 155 Å². The van der Waals surface area contributed by atoms with E-state index in [-0.39, 0.29) is 5.91 Å². The second-order valence-electron chi connectivity index (χ2n) is 5.25. The van der Waals surface area contributed by atoms with Crippen molar-refractivity contribution in [2.24, 2.45) is 0 Å². The molecular formula is C18H14ClNO2S2. The third-order valence-electron chi connectivity index (χ3n) is 3.54. The Hall–Kier alpha value is -1.82. The molecule has 1 fully saturated rings. The number of carbonyl (C=O) groups is 1. The van der Waals surface area contributed by atoms with Crippen LogP contribution in [0.2, 0.25) is 5.02 Å². The zero-order valence-corrected chi connectivity index (χ0v) is 15.3. The molecule has 1 aromatic heterocycles. The molecule has 1 saturated heterocycles. The van der Waals surface area contributed by atoms with Crippen LogP contribution < -0.4 is 0 Å². The number of hydrogen-bond donors (Lipinski definition) is 0. The molecule has 0 unspecified atom stereocenters. The van der Waals surface area contributed by atoms with Crippen LogP contribution in [0.15, 0.2) is 52.3 Å². The fourth-order valence-electron chi connectivity index (χ4n) is 2.25. The monoisotopic (exact) mass is 375 g/mol. The Bertz CT molecular complexity index is 870. The van der Waals surface area contributed by atoms with Crippen LogP contribution in [0, 0.1) is 6.92 Å². The maximum atomic E-state index is 12.3. The minimum Gasteiger partial charge on any atom is -0.457 e. The van der Waals surface area contributed by atoms with Gasteiger partial charge in [0.25, 0.3) is 5.91 Å². The fraction of sp³-hybridized carbons (Fsp3) is 0.111. The summed E-state index contributed by atoms with van der Waals surface area (Å²) in [6.45, 7) is 6.00. The lowest BCUT2D eigenvalue weighted by Crippen LogP contribution is -2.27. The number of furan rings is 1. The molecule has 0 spiro atoms. The van der Waals surface area contributed by atoms with Crippen LogP contribution in [0.1, 0.15) is 11.3 Å². The molecule has 0 bridgehead atoms. The summed E-state index contributed by atoms with van der Waals surface area (Å²) in [5.41, 5.74) is 1.91. The number of benzene rings is 1. The number of thioether (sulfide) groups is 1. The first-order valence-corrected chi connectivity index (χ1v) is 8.82. The van der Waals surface area contributed by atoms with Gasteiger partial charge in [0.2, 0.25) is 0 Å². The molecule has 3 rings (SSSR count). The molecule has 24 heavy (non-hydrogen) atoms. The lowest BCUT2D eigenvalue weighted by Gasteiger charge is -2.10. The summed E-state index contributed by atoms with van der Waals surface area (Å²) in [5, 5.41) is 0.691. The van der Waals surface area contributed by atoms with Gasteiger partial charge in [-0.1, -0.05) is 53.8 Å². The minimum atomic E-state index is -0.124. The zero-order valence-electron chi connectivity index (χ0n) is 12.9. The molecule has 0 aliphatic carbocycles. The van der Waals surface area contributed by atoms with E-state index in [0.29, 0.717) is 32.3 Å². The highest BCUT2D eigenvalue weighted by atomic mass is 35.5. The lowest BCUT2D eigenvalue weighted by atomic mass is 10.1. The van der Waals surface area contributed by atoms with Crippen LogP contribution in [-0.4, -0.2) is 21.7 Å². The molecule has 6 heteroatoms. The minimum absolute atomic E-state index is 0.124. The van der Waals surface area contributed by atoms with Crippen LogP contribution in [0.25, 0.3) is 17.4 Å². The van der Waals surface area contributed by atoms with E-state index in [4.69, 9.17) is 28.2 Å². The van der Waals surface area contributed by atoms with Gasteiger partial charge in [-0.3, -0.25) is 9.69 Å². The molecule has 0 atom stereocenters. The van der Waals surface area contributed by atoms with Crippen molar-refractivity contribution in [1.29, 1.82) is 0 Å². The quantitative estimate of drug-likeness (QED) is 0.412. The van der Waals surface area contributed by atoms with Crippen LogP contribution in [0.5, 0.6) is 0 Å². The van der Waals surface area contributed by atoms with E-state index in [1.54, 1.807) is 12.2 Å². The molecule has 1 amide bonds. The van der Waals surface area contributed by atoms with Gasteiger partial charge in [-0.05, 0) is 30.7 Å². The van der Waals surface area contributed by atoms with E-state index in [1.807, 2.05) is 37.3 Å². The molecule has 1 aromatic carbocycles. The molecule has 3 nitrogen and oxygen atoms in total. The maximum absolute atomic E-state index is 12.3. The van der Waals surface area contributed by atoms with Gasteiger partial charge in [-0.25, -0.2) is 0 Å². The SMILES string of the molecule is C=CCN1C(=O)/C(=C/c2ccc(-c3ccc(C)c(Cl)c3)o2)SC1=S. The summed E-state index contributed by atoms with van der Waals surface area (Å²) in [5.74, 6) is 1.17. The predicted molar refractivity (Wildman–Crippen MR) is 104 cm³/mol. The Kier molecular flexibility index (Phi) is 4.94. The predicted octanol–water partition coefficient (Wildman–Crippen LogP) is 5.30. The van der Waals surface area contributed by atoms with Gasteiger partial charge in [0.15, 0.2) is 0 Å². The summed E-state index contributed by atoms with van der Waals surface area (Å²) in [6.07, 6.45) is 3.36. The number of aryl methyl sites for hydroxylation is 1. The summed E-state index contributed by atoms with van der Waals surface area (Å²) >= 11 is 12.6. The van der Waals surface area contributed by atoms with Gasteiger partial charge in [-0.2, -0.15) is 0 Å². The Morgan fingerprint density at radius 2 is 2.17 bits per heavy atom. The standard InChI is InChI=1S/C18H14ClNO2S2/c1-3-8-20-17(21)16(24-18(20)23)10-13-6-7-15(22-13)12-5-4-11(2)14(19)9-12/h3-7,9-10H,1,8H2,2H3/b16-10-. The molecule has 122 valence electrons. The van der Waals surface area contributed by atoms with E-state index in [9.17, 15) is 4.79 Å². The molecule has 0 N–H and O–H groups in total. The number of rotatable bonds is 4. The van der Waals surface area contributed by atoms with E-state index >= 15 is 0 Å². The smallest absolute Gasteiger partial charge is 0.266 e. The van der Waals surface area contributed by atoms with Crippen molar-refractivity contribution >= 4 is 51.9 Å². The number of amides is 1. The average Bonchev–Trinajstić information content (AvgIpc) is 3.11. The summed E-state index contributed by atoms with van der Waals surface area (Å²) < 4.78 is 6.35. The number of thiocarbonyl (C=S) groups is 1. The Balaban J connectivity index is 1.86. The summed E-state index contributed by atoms with van der Waals surface area (Å²) in [4.78, 5) is 14.4. The summed E-state index contributed by atoms with van der Waals surface area (Å²) in [6, 6.07) is 9.44. The number of halogens is 1. The van der Waals surface area contributed by atoms with Crippen molar-refractivity contribution in [3.8, 4) is 11.3 Å². The topological polar surface area (TPSA) is 33.5 Å². The normalized spacial score (nSPS) is 16.2. The van der Waals surface area contributed by atoms with E-state index < -0.39 is 0 Å². The van der Waals surface area contributed by atoms with Crippen molar-refractivity contribution in [3.63, 3.8) is 0 Å². The van der Waals surface area contributed by atoms with Crippen molar-refractivity contribution in [2.45, 2.75) is 6.92 Å². The lowest BCUT2D eigenvalue weighted by molar-refractivity contribution is -0.121. The van der Waals surface area contributed by atoms with E-state index in [2.05, 4.69) is 6.58 Å². The molecule has 1 aliphatic rings. The molecule has 0 saturated carbocycles. The van der Waals surface area contributed by atoms with Crippen molar-refractivity contribution in [2.75, 3.05) is 6.54 Å². The van der Waals surface area contributed by atoms with E-state index in [1.165, 1.54) is 16.7 Å². The molecular weight excluding hydrogens is 362 g/mol. The highest BCUT2D eigenvalue weighted by Crippen LogP contribution is 2.34. The van der Waals surface area contributed by atoms with Crippen molar-refractivity contribution in [1.82, 2.24) is 4.90 Å². The van der Waals surface area contributed by atoms with Crippen LogP contribution in [-0.2, 0) is 4.79 Å². The number of hydrogen-bond acceptors (Lipinski definition) is 4. The Morgan fingerprint density at radius 3 is 2.88 bits per heavy atom. The zero-order chi connectivity index (χ0) is 17.3. The molecule has 2 heterocycles. The summed E-state index contributed by atoms with van der Waals surface area (Å²) in [7, 11) is 0. The van der Waals surface area contributed by atoms with Gasteiger partial charge in [0.1, 0.15) is 15.8 Å². The maximum Gasteiger partial charge on any atom is 0.266 e. The fourth-order valence-corrected chi connectivity index (χ4v) is 3.68. The molecule has 1 aliphatic heterocycles. The van der Waals surface area contributed by atoms with E-state index in [0.717, 1.165) is 11.1 Å². The number of nitrogens with zero attached hydrogens (tertiary/aromatic N) is 1. The van der Waals surface area contributed by atoms with Gasteiger partial charge in [-0.15, -0.1) is 6.58 Å². The van der Waals surface area contributed by atoms with Crippen LogP contribution >= 0.6 is 35.6 Å². The van der Waals surface area contributed by atoms with Crippen LogP contribution in [0.3, 0.4) is 0 Å². The average molecular weight is 376 g/mol. The number of carbonyl (C=O) groups excluding carboxylic acids is 1. The first-order chi connectivity index (χ1) is 11.5. The second kappa shape index (κ2) is 6.97. The van der Waals surface area contributed by atoms with Crippen molar-refractivity contribution in [3.05, 3.63) is 64.2 Å². The van der Waals surface area contributed by atoms with Gasteiger partial charge in [0, 0.05) is 23.2 Å². The Morgan fingerprint density at radius 1 is 1.38 bits per heavy atom. The highest BCUT2D eigenvalue weighted by molar-refractivity contribution is 8.26. The molecule has 0 radical (unpaired) electrons. The third-order valence-corrected chi connectivity index (χ3v) is 5.33. The second-order valence-corrected chi connectivity index (χ2v) is 7.33. The van der Waals surface area contributed by atoms with Crippen molar-refractivity contribution < 1.29 is 9.21 Å². The molecule has 2 aromatic rings. The van der Waals surface area contributed by atoms with Gasteiger partial charge in [0.05, 0.1) is 4.91 Å².